The first kappa shape index (κ1) is 24.2. The van der Waals surface area contributed by atoms with Gasteiger partial charge in [0.25, 0.3) is 0 Å². The highest BCUT2D eigenvalue weighted by Gasteiger charge is 2.44. The summed E-state index contributed by atoms with van der Waals surface area (Å²) in [5.41, 5.74) is 25.7. The van der Waals surface area contributed by atoms with E-state index in [-0.39, 0.29) is 13.4 Å². The summed E-state index contributed by atoms with van der Waals surface area (Å²) >= 11 is 0. The Labute approximate surface area is 269 Å². The highest BCUT2D eigenvalue weighted by Crippen LogP contribution is 2.48. The number of fused-ring (bicyclic) bond motifs is 10. The van der Waals surface area contributed by atoms with Crippen LogP contribution in [0.15, 0.2) is 97.1 Å². The summed E-state index contributed by atoms with van der Waals surface area (Å²) in [4.78, 5) is 0. The van der Waals surface area contributed by atoms with Gasteiger partial charge < -0.3 is 0 Å². The van der Waals surface area contributed by atoms with Crippen molar-refractivity contribution in [1.29, 1.82) is 0 Å². The fourth-order valence-electron chi connectivity index (χ4n) is 10.5. The first-order chi connectivity index (χ1) is 22.5. The van der Waals surface area contributed by atoms with Gasteiger partial charge in [-0.2, -0.15) is 0 Å². The van der Waals surface area contributed by atoms with Crippen LogP contribution in [0.25, 0.3) is 76.8 Å². The van der Waals surface area contributed by atoms with E-state index in [2.05, 4.69) is 125 Å². The molecule has 0 saturated heterocycles. The van der Waals surface area contributed by atoms with E-state index in [4.69, 9.17) is 0 Å². The molecule has 0 atom stereocenters. The van der Waals surface area contributed by atoms with Crippen LogP contribution in [0.5, 0.6) is 0 Å². The second-order valence-electron chi connectivity index (χ2n) is 14.6. The molecule has 46 heavy (non-hydrogen) atoms. The van der Waals surface area contributed by atoms with Crippen LogP contribution in [0.3, 0.4) is 0 Å². The van der Waals surface area contributed by atoms with E-state index in [0.717, 1.165) is 0 Å². The van der Waals surface area contributed by atoms with Crippen molar-refractivity contribution in [3.63, 3.8) is 0 Å². The van der Waals surface area contributed by atoms with Crippen LogP contribution in [0.4, 0.5) is 0 Å². The Kier molecular flexibility index (Phi) is 4.03. The molecule has 4 heterocycles. The first-order valence-corrected chi connectivity index (χ1v) is 16.8. The molecule has 4 aliphatic rings. The van der Waals surface area contributed by atoms with E-state index in [9.17, 15) is 0 Å². The van der Waals surface area contributed by atoms with Gasteiger partial charge in [0, 0.05) is 0 Å². The molecule has 12 rings (SSSR count). The summed E-state index contributed by atoms with van der Waals surface area (Å²) in [5.74, 6) is 0. The monoisotopic (exact) mass is 578 g/mol. The molecular weight excluding hydrogens is 550 g/mol. The van der Waals surface area contributed by atoms with E-state index in [1.54, 1.807) is 0 Å². The van der Waals surface area contributed by atoms with E-state index in [1.807, 2.05) is 0 Å². The number of hydrogen-bond donors (Lipinski definition) is 0. The Bertz CT molecular complexity index is 2610. The predicted octanol–water partition coefficient (Wildman–Crippen LogP) is 6.77. The second-order valence-corrected chi connectivity index (χ2v) is 14.6. The number of rotatable bonds is 0. The lowest BCUT2D eigenvalue weighted by Crippen LogP contribution is -2.53. The largest absolute Gasteiger partial charge is 0.244 e. The minimum atomic E-state index is 0.266. The molecule has 8 aromatic carbocycles. The van der Waals surface area contributed by atoms with E-state index in [0.29, 0.717) is 0 Å². The molecule has 0 radical (unpaired) electrons. The van der Waals surface area contributed by atoms with Gasteiger partial charge in [0.15, 0.2) is 0 Å². The molecule has 0 nitrogen and oxygen atoms in total. The number of aryl methyl sites for hydroxylation is 4. The zero-order chi connectivity index (χ0) is 30.3. The lowest BCUT2D eigenvalue weighted by molar-refractivity contribution is 1.47. The van der Waals surface area contributed by atoms with Crippen LogP contribution in [0.1, 0.15) is 22.3 Å². The van der Waals surface area contributed by atoms with Gasteiger partial charge in [-0.3, -0.25) is 0 Å². The van der Waals surface area contributed by atoms with E-state index in [1.165, 1.54) is 132 Å². The fraction of sp³-hybridized carbons (Fsp3) is 0.0909. The lowest BCUT2D eigenvalue weighted by atomic mass is 9.34. The summed E-state index contributed by atoms with van der Waals surface area (Å²) < 4.78 is 0. The van der Waals surface area contributed by atoms with Crippen LogP contribution in [0, 0.1) is 27.7 Å². The van der Waals surface area contributed by atoms with Gasteiger partial charge in [-0.1, -0.05) is 130 Å². The smallest absolute Gasteiger partial charge is 0.0664 e. The van der Waals surface area contributed by atoms with Crippen molar-refractivity contribution in [2.45, 2.75) is 27.7 Å². The molecule has 0 N–H and O–H groups in total. The van der Waals surface area contributed by atoms with Crippen LogP contribution in [0.2, 0.25) is 0 Å². The molecule has 0 aliphatic carbocycles. The van der Waals surface area contributed by atoms with Gasteiger partial charge in [-0.15, -0.1) is 0 Å². The van der Waals surface area contributed by atoms with Gasteiger partial charge in [0.1, 0.15) is 0 Å². The van der Waals surface area contributed by atoms with Gasteiger partial charge in [0.05, 0.1) is 0 Å². The van der Waals surface area contributed by atoms with Crippen molar-refractivity contribution in [3.8, 4) is 44.5 Å². The average Bonchev–Trinajstić information content (AvgIpc) is 3.57. The summed E-state index contributed by atoms with van der Waals surface area (Å²) in [7, 11) is 0. The normalized spacial score (nSPS) is 14.0. The van der Waals surface area contributed by atoms with E-state index >= 15 is 0 Å². The highest BCUT2D eigenvalue weighted by atomic mass is 14.3. The third-order valence-corrected chi connectivity index (χ3v) is 12.1. The average molecular weight is 578 g/mol. The second kappa shape index (κ2) is 7.65. The minimum Gasteiger partial charge on any atom is -0.0664 e. The zero-order valence-electron chi connectivity index (χ0n) is 26.4. The molecule has 4 aliphatic heterocycles. The van der Waals surface area contributed by atoms with Crippen molar-refractivity contribution < 1.29 is 0 Å². The Balaban J connectivity index is 1.32. The maximum Gasteiger partial charge on any atom is 0.244 e. The zero-order valence-corrected chi connectivity index (χ0v) is 26.4. The standard InChI is InChI=1S/C44H28B2/c1-21-13-31-25-9-5-7-11-35(25)45-37-19-28-24(4)18-30-34-16-22(2)14-32-26-10-6-8-12-36(26)46(44(32)34)38-20-27-23(3)17-29(33(15-21)43(31)45)39(37)41(27)42(28)40(30)38/h5-20H,1-4H3. The Morgan fingerprint density at radius 2 is 0.739 bits per heavy atom. The summed E-state index contributed by atoms with van der Waals surface area (Å²) in [6.07, 6.45) is 0. The maximum atomic E-state index is 2.61. The maximum absolute atomic E-state index is 2.61. The molecule has 210 valence electrons. The molecule has 2 heteroatoms. The topological polar surface area (TPSA) is 0 Å². The van der Waals surface area contributed by atoms with E-state index < -0.39 is 0 Å². The Hall–Kier alpha value is -5.07. The third-order valence-electron chi connectivity index (χ3n) is 12.1. The molecule has 0 unspecified atom stereocenters. The summed E-state index contributed by atoms with van der Waals surface area (Å²) in [6.45, 7) is 9.78. The number of benzene rings is 8. The molecule has 8 aromatic rings. The van der Waals surface area contributed by atoms with Crippen molar-refractivity contribution in [1.82, 2.24) is 0 Å². The first-order valence-electron chi connectivity index (χ1n) is 16.8. The SMILES string of the molecule is Cc1cc2c3c(c1)-c1cc(C)c4cc5c6c(cc(C)c7cc(c1c4c76)B3c1ccccc1-2)-c1cc(C)cc2c1B5c1ccccc1-2. The van der Waals surface area contributed by atoms with Crippen molar-refractivity contribution >= 4 is 78.5 Å². The fourth-order valence-corrected chi connectivity index (χ4v) is 10.5. The molecular formula is C44H28B2. The molecule has 0 spiro atoms. The van der Waals surface area contributed by atoms with Crippen molar-refractivity contribution in [2.24, 2.45) is 0 Å². The lowest BCUT2D eigenvalue weighted by Gasteiger charge is -2.32. The van der Waals surface area contributed by atoms with Crippen LogP contribution in [-0.4, -0.2) is 13.4 Å². The van der Waals surface area contributed by atoms with Gasteiger partial charge in [-0.25, -0.2) is 0 Å². The number of hydrogen-bond acceptors (Lipinski definition) is 0. The van der Waals surface area contributed by atoms with Crippen LogP contribution in [-0.2, 0) is 0 Å². The van der Waals surface area contributed by atoms with Crippen molar-refractivity contribution in [3.05, 3.63) is 119 Å². The van der Waals surface area contributed by atoms with Gasteiger partial charge >= 0.3 is 0 Å². The Morgan fingerprint density at radius 3 is 1.17 bits per heavy atom. The third kappa shape index (κ3) is 2.53. The van der Waals surface area contributed by atoms with Gasteiger partial charge in [-0.05, 0) is 127 Å². The molecule has 0 aromatic heterocycles. The Morgan fingerprint density at radius 1 is 0.348 bits per heavy atom. The molecule has 0 saturated carbocycles. The molecule has 0 bridgehead atoms. The summed E-state index contributed by atoms with van der Waals surface area (Å²) in [5, 5.41) is 8.76. The van der Waals surface area contributed by atoms with Gasteiger partial charge in [0.2, 0.25) is 13.4 Å². The minimum absolute atomic E-state index is 0.266. The predicted molar refractivity (Wildman–Crippen MR) is 200 cm³/mol. The molecule has 0 amide bonds. The summed E-state index contributed by atoms with van der Waals surface area (Å²) in [6, 6.07) is 38.4. The van der Waals surface area contributed by atoms with Crippen LogP contribution >= 0.6 is 0 Å². The highest BCUT2D eigenvalue weighted by molar-refractivity contribution is 7.03. The van der Waals surface area contributed by atoms with Crippen molar-refractivity contribution in [2.75, 3.05) is 0 Å². The van der Waals surface area contributed by atoms with Crippen LogP contribution < -0.4 is 32.8 Å². The molecule has 0 fully saturated rings. The quantitative estimate of drug-likeness (QED) is 0.138.